The van der Waals surface area contributed by atoms with E-state index < -0.39 is 18.6 Å². The van der Waals surface area contributed by atoms with Gasteiger partial charge in [-0.3, -0.25) is 9.48 Å². The van der Waals surface area contributed by atoms with E-state index in [1.165, 1.54) is 0 Å². The van der Waals surface area contributed by atoms with E-state index in [2.05, 4.69) is 20.7 Å². The van der Waals surface area contributed by atoms with Crippen LogP contribution in [0.15, 0.2) is 23.5 Å². The maximum Gasteiger partial charge on any atom is 0.406 e. The minimum Gasteiger partial charge on any atom is -0.357 e. The number of aryl methyl sites for hydroxylation is 1. The highest BCUT2D eigenvalue weighted by Crippen LogP contribution is 2.15. The van der Waals surface area contributed by atoms with Crippen LogP contribution in [0, 0.1) is 0 Å². The zero-order valence-electron chi connectivity index (χ0n) is 13.8. The molecule has 0 bridgehead atoms. The normalized spacial score (nSPS) is 12.1. The van der Waals surface area contributed by atoms with Crippen LogP contribution in [-0.2, 0) is 11.3 Å². The van der Waals surface area contributed by atoms with Crippen molar-refractivity contribution in [2.75, 3.05) is 33.2 Å². The largest absolute Gasteiger partial charge is 0.406 e. The van der Waals surface area contributed by atoms with Crippen molar-refractivity contribution in [3.63, 3.8) is 0 Å². The lowest BCUT2D eigenvalue weighted by atomic mass is 10.4. The van der Waals surface area contributed by atoms with E-state index in [0.717, 1.165) is 20.0 Å². The van der Waals surface area contributed by atoms with Gasteiger partial charge in [0.05, 0.1) is 0 Å². The Hall–Kier alpha value is -2.26. The van der Waals surface area contributed by atoms with Gasteiger partial charge < -0.3 is 15.5 Å². The van der Waals surface area contributed by atoms with Crippen LogP contribution in [0.4, 0.5) is 13.2 Å². The molecule has 0 aliphatic rings. The maximum atomic E-state index is 12.2. The topological polar surface area (TPSA) is 74.6 Å². The summed E-state index contributed by atoms with van der Waals surface area (Å²) in [6.45, 7) is 2.14. The van der Waals surface area contributed by atoms with Crippen LogP contribution >= 0.6 is 0 Å². The Morgan fingerprint density at radius 1 is 1.38 bits per heavy atom. The summed E-state index contributed by atoms with van der Waals surface area (Å²) in [6, 6.07) is 1.84. The first-order chi connectivity index (χ1) is 11.3. The average Bonchev–Trinajstić information content (AvgIpc) is 3.00. The number of guanidine groups is 1. The van der Waals surface area contributed by atoms with Gasteiger partial charge in [-0.1, -0.05) is 0 Å². The summed E-state index contributed by atoms with van der Waals surface area (Å²) in [5.74, 6) is -0.298. The third kappa shape index (κ3) is 8.39. The average molecular weight is 348 g/mol. The molecule has 0 aliphatic heterocycles. The highest BCUT2D eigenvalue weighted by Gasteiger charge is 2.30. The SMILES string of the molecule is CCNC(=NCC(=O)N(C)CC(F)(F)F)NCCCn1cccn1. The first kappa shape index (κ1) is 19.8. The fourth-order valence-electron chi connectivity index (χ4n) is 1.85. The molecule has 0 fully saturated rings. The Labute approximate surface area is 138 Å². The van der Waals surface area contributed by atoms with Crippen molar-refractivity contribution in [1.82, 2.24) is 25.3 Å². The number of likely N-dealkylation sites (N-methyl/N-ethyl adjacent to an activating group) is 1. The number of aromatic nitrogens is 2. The zero-order chi connectivity index (χ0) is 18.0. The van der Waals surface area contributed by atoms with Crippen LogP contribution < -0.4 is 10.6 Å². The summed E-state index contributed by atoms with van der Waals surface area (Å²) in [6.07, 6.45) is -0.0755. The number of hydrogen-bond donors (Lipinski definition) is 2. The molecule has 1 rings (SSSR count). The van der Waals surface area contributed by atoms with Gasteiger partial charge in [0.2, 0.25) is 5.91 Å². The monoisotopic (exact) mass is 348 g/mol. The summed E-state index contributed by atoms with van der Waals surface area (Å²) in [7, 11) is 1.11. The summed E-state index contributed by atoms with van der Waals surface area (Å²) in [5, 5.41) is 10.1. The Balaban J connectivity index is 2.39. The minimum atomic E-state index is -4.41. The van der Waals surface area contributed by atoms with Gasteiger partial charge in [-0.2, -0.15) is 18.3 Å². The lowest BCUT2D eigenvalue weighted by Gasteiger charge is -2.18. The molecule has 10 heteroatoms. The number of alkyl halides is 3. The second-order valence-electron chi connectivity index (χ2n) is 5.11. The molecule has 0 saturated carbocycles. The van der Waals surface area contributed by atoms with E-state index in [9.17, 15) is 18.0 Å². The van der Waals surface area contributed by atoms with E-state index in [1.807, 2.05) is 19.2 Å². The molecule has 0 aromatic carbocycles. The molecule has 7 nitrogen and oxygen atoms in total. The van der Waals surface area contributed by atoms with E-state index in [0.29, 0.717) is 23.9 Å². The first-order valence-corrected chi connectivity index (χ1v) is 7.62. The molecule has 1 amide bonds. The summed E-state index contributed by atoms with van der Waals surface area (Å²) >= 11 is 0. The summed E-state index contributed by atoms with van der Waals surface area (Å²) < 4.78 is 38.5. The number of carbonyl (C=O) groups excluding carboxylic acids is 1. The fraction of sp³-hybridized carbons (Fsp3) is 0.643. The Bertz CT molecular complexity index is 515. The van der Waals surface area contributed by atoms with Gasteiger partial charge in [-0.25, -0.2) is 4.99 Å². The number of rotatable bonds is 8. The van der Waals surface area contributed by atoms with Crippen molar-refractivity contribution in [2.45, 2.75) is 26.1 Å². The molecule has 0 radical (unpaired) electrons. The minimum absolute atomic E-state index is 0.346. The second-order valence-corrected chi connectivity index (χ2v) is 5.11. The number of hydrogen-bond acceptors (Lipinski definition) is 3. The molecule has 1 heterocycles. The smallest absolute Gasteiger partial charge is 0.357 e. The highest BCUT2D eigenvalue weighted by molar-refractivity contribution is 5.84. The van der Waals surface area contributed by atoms with Crippen LogP contribution in [0.1, 0.15) is 13.3 Å². The van der Waals surface area contributed by atoms with Gasteiger partial charge in [0, 0.05) is 39.1 Å². The second kappa shape index (κ2) is 9.78. The van der Waals surface area contributed by atoms with Crippen LogP contribution in [0.2, 0.25) is 0 Å². The molecule has 24 heavy (non-hydrogen) atoms. The Kier molecular flexibility index (Phi) is 8.07. The summed E-state index contributed by atoms with van der Waals surface area (Å²) in [4.78, 5) is 16.3. The van der Waals surface area contributed by atoms with Gasteiger partial charge in [0.25, 0.3) is 0 Å². The molecule has 0 atom stereocenters. The van der Waals surface area contributed by atoms with Crippen molar-refractivity contribution in [1.29, 1.82) is 0 Å². The zero-order valence-corrected chi connectivity index (χ0v) is 13.8. The van der Waals surface area contributed by atoms with Crippen LogP contribution in [0.25, 0.3) is 0 Å². The van der Waals surface area contributed by atoms with E-state index in [1.54, 1.807) is 10.9 Å². The maximum absolute atomic E-state index is 12.2. The van der Waals surface area contributed by atoms with Crippen molar-refractivity contribution < 1.29 is 18.0 Å². The first-order valence-electron chi connectivity index (χ1n) is 7.62. The van der Waals surface area contributed by atoms with Gasteiger partial charge in [-0.15, -0.1) is 0 Å². The Morgan fingerprint density at radius 2 is 2.12 bits per heavy atom. The van der Waals surface area contributed by atoms with Crippen LogP contribution in [0.5, 0.6) is 0 Å². The van der Waals surface area contributed by atoms with Crippen molar-refractivity contribution >= 4 is 11.9 Å². The van der Waals surface area contributed by atoms with Gasteiger partial charge in [-0.05, 0) is 19.4 Å². The van der Waals surface area contributed by atoms with E-state index >= 15 is 0 Å². The van der Waals surface area contributed by atoms with E-state index in [4.69, 9.17) is 0 Å². The molecule has 1 aromatic heterocycles. The highest BCUT2D eigenvalue weighted by atomic mass is 19.4. The predicted molar refractivity (Wildman–Crippen MR) is 84.5 cm³/mol. The number of halogens is 3. The molecule has 0 saturated heterocycles. The predicted octanol–water partition coefficient (Wildman–Crippen LogP) is 0.849. The van der Waals surface area contributed by atoms with Gasteiger partial charge in [0.15, 0.2) is 5.96 Å². The molecular formula is C14H23F3N6O. The van der Waals surface area contributed by atoms with Crippen molar-refractivity contribution in [2.24, 2.45) is 4.99 Å². The van der Waals surface area contributed by atoms with Crippen LogP contribution in [0.3, 0.4) is 0 Å². The number of nitrogens with one attached hydrogen (secondary N) is 2. The fourth-order valence-corrected chi connectivity index (χ4v) is 1.85. The van der Waals surface area contributed by atoms with Crippen LogP contribution in [-0.4, -0.2) is 66.0 Å². The molecule has 2 N–H and O–H groups in total. The molecule has 0 aliphatic carbocycles. The molecular weight excluding hydrogens is 325 g/mol. The molecule has 136 valence electrons. The molecule has 0 spiro atoms. The van der Waals surface area contributed by atoms with Gasteiger partial charge in [0.1, 0.15) is 13.1 Å². The third-order valence-corrected chi connectivity index (χ3v) is 2.97. The third-order valence-electron chi connectivity index (χ3n) is 2.97. The quantitative estimate of drug-likeness (QED) is 0.415. The Morgan fingerprint density at radius 3 is 2.71 bits per heavy atom. The van der Waals surface area contributed by atoms with E-state index in [-0.39, 0.29) is 6.54 Å². The number of aliphatic imine (C=N–C) groups is 1. The summed E-state index contributed by atoms with van der Waals surface area (Å²) in [5.41, 5.74) is 0. The number of amides is 1. The number of carbonyl (C=O) groups is 1. The lowest BCUT2D eigenvalue weighted by molar-refractivity contribution is -0.157. The lowest BCUT2D eigenvalue weighted by Crippen LogP contribution is -2.40. The standard InChI is InChI=1S/C14H23F3N6O/c1-3-18-13(19-6-4-8-23-9-5-7-21-23)20-10-12(24)22(2)11-14(15,16)17/h5,7,9H,3-4,6,8,10-11H2,1-2H3,(H2,18,19,20). The molecule has 1 aromatic rings. The number of nitrogens with zero attached hydrogens (tertiary/aromatic N) is 4. The van der Waals surface area contributed by atoms with Crippen molar-refractivity contribution in [3.8, 4) is 0 Å². The molecule has 0 unspecified atom stereocenters. The van der Waals surface area contributed by atoms with Crippen molar-refractivity contribution in [3.05, 3.63) is 18.5 Å². The van der Waals surface area contributed by atoms with Gasteiger partial charge >= 0.3 is 6.18 Å².